The summed E-state index contributed by atoms with van der Waals surface area (Å²) in [6, 6.07) is 16.9. The predicted molar refractivity (Wildman–Crippen MR) is 91.8 cm³/mol. The van der Waals surface area contributed by atoms with Crippen LogP contribution < -0.4 is 16.1 Å². The fourth-order valence-electron chi connectivity index (χ4n) is 2.65. The summed E-state index contributed by atoms with van der Waals surface area (Å²) in [7, 11) is 0. The molecule has 1 aliphatic heterocycles. The van der Waals surface area contributed by atoms with Crippen molar-refractivity contribution in [2.75, 3.05) is 18.4 Å². The molecule has 114 valence electrons. The molecule has 0 saturated heterocycles. The van der Waals surface area contributed by atoms with Gasteiger partial charge in [-0.1, -0.05) is 42.5 Å². The van der Waals surface area contributed by atoms with E-state index in [1.807, 2.05) is 42.5 Å². The first-order chi connectivity index (χ1) is 11.3. The number of fused-ring (bicyclic) bond motifs is 1. The summed E-state index contributed by atoms with van der Waals surface area (Å²) in [5.74, 6) is 1.12. The van der Waals surface area contributed by atoms with E-state index in [-0.39, 0.29) is 5.43 Å². The van der Waals surface area contributed by atoms with Gasteiger partial charge in [-0.05, 0) is 12.1 Å². The normalized spacial score (nSPS) is 13.7. The molecular formula is C18H15N3O2. The van der Waals surface area contributed by atoms with Crippen LogP contribution in [0.25, 0.3) is 22.3 Å². The molecule has 0 bridgehead atoms. The van der Waals surface area contributed by atoms with Gasteiger partial charge in [0.15, 0.2) is 11.7 Å². The van der Waals surface area contributed by atoms with Crippen molar-refractivity contribution in [3.8, 4) is 11.3 Å². The Morgan fingerprint density at radius 3 is 2.61 bits per heavy atom. The second-order valence-electron chi connectivity index (χ2n) is 5.28. The summed E-state index contributed by atoms with van der Waals surface area (Å²) in [5, 5.41) is 6.77. The van der Waals surface area contributed by atoms with Crippen molar-refractivity contribution >= 4 is 22.6 Å². The summed E-state index contributed by atoms with van der Waals surface area (Å²) >= 11 is 0. The average Bonchev–Trinajstić information content (AvgIpc) is 3.11. The zero-order chi connectivity index (χ0) is 15.6. The van der Waals surface area contributed by atoms with Crippen LogP contribution in [-0.4, -0.2) is 19.0 Å². The molecule has 0 radical (unpaired) electrons. The van der Waals surface area contributed by atoms with Crippen molar-refractivity contribution in [2.24, 2.45) is 4.99 Å². The van der Waals surface area contributed by atoms with Gasteiger partial charge in [-0.2, -0.15) is 0 Å². The van der Waals surface area contributed by atoms with Gasteiger partial charge in [0.1, 0.15) is 11.3 Å². The minimum atomic E-state index is -0.0953. The van der Waals surface area contributed by atoms with Gasteiger partial charge in [-0.25, -0.2) is 0 Å². The highest BCUT2D eigenvalue weighted by atomic mass is 16.3. The molecule has 2 aromatic carbocycles. The second-order valence-corrected chi connectivity index (χ2v) is 5.28. The van der Waals surface area contributed by atoms with Gasteiger partial charge >= 0.3 is 0 Å². The van der Waals surface area contributed by atoms with Crippen molar-refractivity contribution in [1.29, 1.82) is 0 Å². The number of nitrogens with one attached hydrogen (secondary N) is 2. The highest BCUT2D eigenvalue weighted by Crippen LogP contribution is 2.29. The molecule has 0 saturated carbocycles. The Balaban J connectivity index is 1.96. The first kappa shape index (κ1) is 13.6. The van der Waals surface area contributed by atoms with E-state index >= 15 is 0 Å². The van der Waals surface area contributed by atoms with E-state index in [4.69, 9.17) is 4.42 Å². The number of nitrogens with zero attached hydrogens (tertiary/aromatic N) is 1. The number of aliphatic imine (C=N–C) groups is 1. The zero-order valence-corrected chi connectivity index (χ0v) is 12.4. The van der Waals surface area contributed by atoms with Crippen molar-refractivity contribution in [2.45, 2.75) is 0 Å². The Labute approximate surface area is 132 Å². The van der Waals surface area contributed by atoms with E-state index in [0.29, 0.717) is 34.9 Å². The largest absolute Gasteiger partial charge is 0.454 e. The molecule has 4 rings (SSSR count). The molecule has 2 heterocycles. The van der Waals surface area contributed by atoms with Crippen LogP contribution in [0.1, 0.15) is 0 Å². The van der Waals surface area contributed by atoms with Crippen molar-refractivity contribution in [3.63, 3.8) is 0 Å². The molecule has 23 heavy (non-hydrogen) atoms. The van der Waals surface area contributed by atoms with Crippen LogP contribution in [0, 0.1) is 0 Å². The topological polar surface area (TPSA) is 66.6 Å². The summed E-state index contributed by atoms with van der Waals surface area (Å²) in [6.45, 7) is 1.46. The standard InChI is InChI=1S/C18H15N3O2/c22-16-13-8-4-5-9-14(13)23-17(12-6-2-1-3-7-12)15(16)21-18-19-10-11-20-18/h1-9H,10-11H2,(H2,19,20,21). The third-order valence-corrected chi connectivity index (χ3v) is 3.75. The Hall–Kier alpha value is -3.08. The number of hydrogen-bond donors (Lipinski definition) is 2. The summed E-state index contributed by atoms with van der Waals surface area (Å²) in [4.78, 5) is 17.2. The Kier molecular flexibility index (Phi) is 3.31. The van der Waals surface area contributed by atoms with Gasteiger partial charge in [0.2, 0.25) is 5.43 Å². The van der Waals surface area contributed by atoms with Crippen molar-refractivity contribution in [3.05, 3.63) is 64.8 Å². The minimum absolute atomic E-state index is 0.0953. The molecule has 0 unspecified atom stereocenters. The smallest absolute Gasteiger partial charge is 0.216 e. The Morgan fingerprint density at radius 1 is 1.04 bits per heavy atom. The molecule has 0 atom stereocenters. The van der Waals surface area contributed by atoms with Crippen LogP contribution in [0.5, 0.6) is 0 Å². The van der Waals surface area contributed by atoms with Crippen LogP contribution in [0.3, 0.4) is 0 Å². The minimum Gasteiger partial charge on any atom is -0.454 e. The number of hydrogen-bond acceptors (Lipinski definition) is 5. The highest BCUT2D eigenvalue weighted by molar-refractivity contribution is 5.99. The SMILES string of the molecule is O=c1c(NC2=NCCN2)c(-c2ccccc2)oc2ccccc12. The maximum atomic E-state index is 12.9. The van der Waals surface area contributed by atoms with Crippen LogP contribution in [0.4, 0.5) is 5.69 Å². The maximum Gasteiger partial charge on any atom is 0.216 e. The molecule has 0 amide bonds. The number of para-hydroxylation sites is 1. The molecule has 0 fully saturated rings. The van der Waals surface area contributed by atoms with E-state index in [1.165, 1.54) is 0 Å². The average molecular weight is 305 g/mol. The van der Waals surface area contributed by atoms with Crippen molar-refractivity contribution in [1.82, 2.24) is 5.32 Å². The Morgan fingerprint density at radius 2 is 1.83 bits per heavy atom. The number of benzene rings is 2. The van der Waals surface area contributed by atoms with Gasteiger partial charge in [0.25, 0.3) is 0 Å². The van der Waals surface area contributed by atoms with Crippen LogP contribution in [0.2, 0.25) is 0 Å². The van der Waals surface area contributed by atoms with Gasteiger partial charge in [-0.3, -0.25) is 9.79 Å². The first-order valence-electron chi connectivity index (χ1n) is 7.49. The molecule has 5 nitrogen and oxygen atoms in total. The number of rotatable bonds is 2. The summed E-state index contributed by atoms with van der Waals surface area (Å²) in [5.41, 5.74) is 1.73. The molecule has 5 heteroatoms. The lowest BCUT2D eigenvalue weighted by molar-refractivity contribution is 0.621. The molecule has 3 aromatic rings. The Bertz CT molecular complexity index is 945. The molecule has 1 aliphatic rings. The molecule has 0 aliphatic carbocycles. The van der Waals surface area contributed by atoms with Crippen LogP contribution >= 0.6 is 0 Å². The van der Waals surface area contributed by atoms with E-state index in [9.17, 15) is 4.79 Å². The molecule has 0 spiro atoms. The molecule has 1 aromatic heterocycles. The second kappa shape index (κ2) is 5.61. The first-order valence-corrected chi connectivity index (χ1v) is 7.49. The lowest BCUT2D eigenvalue weighted by Crippen LogP contribution is -2.29. The van der Waals surface area contributed by atoms with Gasteiger partial charge in [0, 0.05) is 12.1 Å². The summed E-state index contributed by atoms with van der Waals surface area (Å²) < 4.78 is 6.02. The molecule has 2 N–H and O–H groups in total. The van der Waals surface area contributed by atoms with Gasteiger partial charge in [0.05, 0.1) is 11.9 Å². The molecular weight excluding hydrogens is 290 g/mol. The van der Waals surface area contributed by atoms with E-state index in [0.717, 1.165) is 12.1 Å². The quantitative estimate of drug-likeness (QED) is 0.764. The van der Waals surface area contributed by atoms with Gasteiger partial charge in [-0.15, -0.1) is 0 Å². The predicted octanol–water partition coefficient (Wildman–Crippen LogP) is 2.83. The monoisotopic (exact) mass is 305 g/mol. The third-order valence-electron chi connectivity index (χ3n) is 3.75. The zero-order valence-electron chi connectivity index (χ0n) is 12.4. The maximum absolute atomic E-state index is 12.9. The summed E-state index contributed by atoms with van der Waals surface area (Å²) in [6.07, 6.45) is 0. The lowest BCUT2D eigenvalue weighted by atomic mass is 10.1. The van der Waals surface area contributed by atoms with E-state index < -0.39 is 0 Å². The fourth-order valence-corrected chi connectivity index (χ4v) is 2.65. The van der Waals surface area contributed by atoms with E-state index in [2.05, 4.69) is 15.6 Å². The van der Waals surface area contributed by atoms with Crippen LogP contribution in [0.15, 0.2) is 68.8 Å². The van der Waals surface area contributed by atoms with Crippen LogP contribution in [-0.2, 0) is 0 Å². The number of guanidine groups is 1. The van der Waals surface area contributed by atoms with Gasteiger partial charge < -0.3 is 15.1 Å². The lowest BCUT2D eigenvalue weighted by Gasteiger charge is -2.12. The van der Waals surface area contributed by atoms with Crippen molar-refractivity contribution < 1.29 is 4.42 Å². The fraction of sp³-hybridized carbons (Fsp3) is 0.111. The highest BCUT2D eigenvalue weighted by Gasteiger charge is 2.18. The number of anilines is 1. The third kappa shape index (κ3) is 2.46. The van der Waals surface area contributed by atoms with E-state index in [1.54, 1.807) is 12.1 Å².